The van der Waals surface area contributed by atoms with E-state index in [1.807, 2.05) is 0 Å². The van der Waals surface area contributed by atoms with Gasteiger partial charge in [-0.25, -0.2) is 0 Å². The quantitative estimate of drug-likeness (QED) is 0.127. The molecule has 29 heteroatoms. The van der Waals surface area contributed by atoms with Gasteiger partial charge in [0, 0.05) is 10.8 Å². The van der Waals surface area contributed by atoms with Gasteiger partial charge in [-0.3, -0.25) is 0 Å². The number of hydrogen-bond donors (Lipinski definition) is 0. The zero-order valence-corrected chi connectivity index (χ0v) is 51.4. The predicted molar refractivity (Wildman–Crippen MR) is 429 cm³/mol. The van der Waals surface area contributed by atoms with E-state index in [9.17, 15) is 0 Å². The molecule has 0 unspecified atom stereocenters. The number of benzene rings is 9. The Balaban J connectivity index is 1.40. The van der Waals surface area contributed by atoms with Gasteiger partial charge in [0.15, 0.2) is 0 Å². The summed E-state index contributed by atoms with van der Waals surface area (Å²) in [5, 5.41) is 13.8. The Labute approximate surface area is 472 Å². The molecule has 0 aliphatic carbocycles. The minimum absolute atomic E-state index is 1.03. The van der Waals surface area contributed by atoms with E-state index < -0.39 is 0 Å². The molecule has 75 heavy (non-hydrogen) atoms. The summed E-state index contributed by atoms with van der Waals surface area (Å²) in [7, 11) is 66.4. The molecule has 1 heterocycles. The molecule has 10 rings (SSSR count). The van der Waals surface area contributed by atoms with Crippen molar-refractivity contribution in [3.63, 3.8) is 0 Å². The van der Waals surface area contributed by atoms with Crippen molar-refractivity contribution in [1.82, 2.24) is 0 Å². The highest BCUT2D eigenvalue weighted by Crippen LogP contribution is 2.41. The van der Waals surface area contributed by atoms with Crippen LogP contribution in [0, 0.1) is 0 Å². The lowest BCUT2D eigenvalue weighted by Crippen LogP contribution is -2.53. The molecule has 9 aromatic carbocycles. The van der Waals surface area contributed by atoms with Gasteiger partial charge in [0.2, 0.25) is 0 Å². The summed E-state index contributed by atoms with van der Waals surface area (Å²) in [4.78, 5) is 0. The summed E-state index contributed by atoms with van der Waals surface area (Å²) in [6.07, 6.45) is 0. The van der Waals surface area contributed by atoms with Crippen LogP contribution in [0.3, 0.4) is 0 Å². The van der Waals surface area contributed by atoms with Gasteiger partial charge < -0.3 is 4.42 Å². The lowest BCUT2D eigenvalue weighted by molar-refractivity contribution is 0.675. The summed E-state index contributed by atoms with van der Waals surface area (Å²) in [6.45, 7) is 0. The van der Waals surface area contributed by atoms with Crippen LogP contribution in [0.4, 0.5) is 0 Å². The van der Waals surface area contributed by atoms with E-state index in [0.29, 0.717) is 0 Å². The molecule has 0 bridgehead atoms. The van der Waals surface area contributed by atoms with Crippen molar-refractivity contribution >= 4 is 438 Å². The molecule has 0 atom stereocenters. The molecule has 0 radical (unpaired) electrons. The first-order valence-electron chi connectivity index (χ1n) is 27.9. The second kappa shape index (κ2) is 18.1. The lowest BCUT2D eigenvalue weighted by atomic mass is 9.55. The minimum atomic E-state index is 1.03. The highest BCUT2D eigenvalue weighted by molar-refractivity contribution is 6.78. The fourth-order valence-electron chi connectivity index (χ4n) is 15.2. The fourth-order valence-corrected chi connectivity index (χ4v) is 15.2. The van der Waals surface area contributed by atoms with Crippen LogP contribution in [-0.4, -0.2) is 220 Å². The van der Waals surface area contributed by atoms with Crippen LogP contribution in [-0.2, 0) is 0 Å². The zero-order valence-electron chi connectivity index (χ0n) is 51.4. The number of rotatable bonds is 3. The Morgan fingerprint density at radius 3 is 0.667 bits per heavy atom. The molecule has 0 N–H and O–H groups in total. The van der Waals surface area contributed by atoms with Crippen molar-refractivity contribution < 1.29 is 4.42 Å². The monoisotopic (exact) mass is 933 g/mol. The largest absolute Gasteiger partial charge is 0.457 e. The molecule has 0 aliphatic rings. The molecular formula is C46H56B28O. The standard InChI is InChI=1S/C46H56B28O/c47-17-11-13(32(62)44(74)43(73)31(11)61)34(64)45-15(17)16-33(63)28(58)14(35(65)46(16)75-45)12-26(56)24(54)9(25(55)27(12)57)2-6-3(19(49)37(67)39(69)21(6)51)1(4-7(2)22(52)40(70)38(68)20(4)50)5-8-10(29(59)36(66)18(5)48)30(60)42(72)41(71)23(8)53/h47-74H2. The molecule has 0 amide bonds. The highest BCUT2D eigenvalue weighted by Gasteiger charge is 2.32. The van der Waals surface area contributed by atoms with E-state index >= 15 is 0 Å². The van der Waals surface area contributed by atoms with Gasteiger partial charge in [0.25, 0.3) is 0 Å². The normalized spacial score (nSPS) is 11.9. The van der Waals surface area contributed by atoms with Gasteiger partial charge in [0.1, 0.15) is 231 Å². The Bertz CT molecular complexity index is 4330. The van der Waals surface area contributed by atoms with Crippen LogP contribution < -0.4 is 153 Å². The van der Waals surface area contributed by atoms with E-state index in [2.05, 4.69) is 220 Å². The Kier molecular flexibility index (Phi) is 13.0. The molecule has 0 saturated carbocycles. The van der Waals surface area contributed by atoms with Crippen molar-refractivity contribution in [1.29, 1.82) is 0 Å². The molecular weight excluding hydrogens is 871 g/mol. The SMILES string of the molecule is Bc1c(B)c(-c2c3c(B)c(B)c(B)c(B)c3c(-c3c(B)c(B)c(B)c4c(B)c(B)c(B)c(B)c34)c3c(B)c(B)c(B)c(B)c23)c(B)c(B)c1-c1c(B)c(B)c2c(oc3c(B)c4c(B)c(B)c(B)c(B)c4c(B)c32)c1B. The molecule has 0 aliphatic heterocycles. The summed E-state index contributed by atoms with van der Waals surface area (Å²) >= 11 is 0. The van der Waals surface area contributed by atoms with Crippen LogP contribution in [0.25, 0.3) is 98.4 Å². The van der Waals surface area contributed by atoms with Crippen LogP contribution in [0.5, 0.6) is 0 Å². The summed E-state index contributed by atoms with van der Waals surface area (Å²) in [5.74, 6) is 0. The molecule has 330 valence electrons. The molecule has 0 saturated heterocycles. The maximum atomic E-state index is 7.31. The van der Waals surface area contributed by atoms with Crippen molar-refractivity contribution in [2.75, 3.05) is 0 Å². The average molecular weight is 928 g/mol. The topological polar surface area (TPSA) is 13.1 Å². The third-order valence-corrected chi connectivity index (χ3v) is 21.7. The van der Waals surface area contributed by atoms with E-state index in [0.717, 1.165) is 11.2 Å². The van der Waals surface area contributed by atoms with Crippen molar-refractivity contribution in [2.45, 2.75) is 0 Å². The van der Waals surface area contributed by atoms with Crippen molar-refractivity contribution in [2.24, 2.45) is 0 Å². The first kappa shape index (κ1) is 54.0. The molecule has 1 nitrogen and oxygen atoms in total. The summed E-state index contributed by atoms with van der Waals surface area (Å²) in [5.41, 5.74) is 48.7. The van der Waals surface area contributed by atoms with Crippen LogP contribution in [0.2, 0.25) is 0 Å². The second-order valence-corrected chi connectivity index (χ2v) is 24.3. The summed E-state index contributed by atoms with van der Waals surface area (Å²) in [6, 6.07) is 0. The highest BCUT2D eigenvalue weighted by atomic mass is 16.3. The average Bonchev–Trinajstić information content (AvgIpc) is 3.80. The van der Waals surface area contributed by atoms with Crippen molar-refractivity contribution in [3.05, 3.63) is 0 Å². The maximum absolute atomic E-state index is 7.31. The first-order valence-corrected chi connectivity index (χ1v) is 27.9. The first-order chi connectivity index (χ1) is 35.0. The Hall–Kier alpha value is -4.36. The van der Waals surface area contributed by atoms with E-state index in [-0.39, 0.29) is 0 Å². The molecule has 0 spiro atoms. The van der Waals surface area contributed by atoms with Crippen LogP contribution in [0.15, 0.2) is 4.42 Å². The van der Waals surface area contributed by atoms with Crippen molar-refractivity contribution in [3.8, 4) is 33.4 Å². The zero-order chi connectivity index (χ0) is 55.3. The van der Waals surface area contributed by atoms with Gasteiger partial charge in [-0.05, 0) is 87.4 Å². The second-order valence-electron chi connectivity index (χ2n) is 24.3. The lowest BCUT2D eigenvalue weighted by Gasteiger charge is -2.33. The van der Waals surface area contributed by atoms with Gasteiger partial charge >= 0.3 is 0 Å². The van der Waals surface area contributed by atoms with Crippen LogP contribution in [0.1, 0.15) is 0 Å². The minimum Gasteiger partial charge on any atom is -0.457 e. The van der Waals surface area contributed by atoms with E-state index in [1.165, 1.54) is 240 Å². The maximum Gasteiger partial charge on any atom is 0.145 e. The van der Waals surface area contributed by atoms with Gasteiger partial charge in [-0.1, -0.05) is 92.9 Å². The molecule has 1 aromatic heterocycles. The van der Waals surface area contributed by atoms with E-state index in [1.54, 1.807) is 0 Å². The third-order valence-electron chi connectivity index (χ3n) is 21.7. The summed E-state index contributed by atoms with van der Waals surface area (Å²) < 4.78 is 7.31. The van der Waals surface area contributed by atoms with Gasteiger partial charge in [-0.15, -0.1) is 49.2 Å². The third kappa shape index (κ3) is 6.85. The number of hydrogen-bond acceptors (Lipinski definition) is 1. The Morgan fingerprint density at radius 1 is 0.120 bits per heavy atom. The van der Waals surface area contributed by atoms with Gasteiger partial charge in [-0.2, -0.15) is 0 Å². The number of fused-ring (bicyclic) bond motifs is 7. The smallest absolute Gasteiger partial charge is 0.145 e. The van der Waals surface area contributed by atoms with Gasteiger partial charge in [0.05, 0.1) is 0 Å². The fraction of sp³-hybridized carbons (Fsp3) is 0. The van der Waals surface area contributed by atoms with E-state index in [4.69, 9.17) is 4.42 Å². The predicted octanol–water partition coefficient (Wildman–Crippen LogP) is -35.6. The Morgan fingerprint density at radius 2 is 0.307 bits per heavy atom. The molecule has 0 fully saturated rings. The number of furan rings is 1. The molecule has 10 aromatic rings. The van der Waals surface area contributed by atoms with Crippen LogP contribution >= 0.6 is 0 Å².